The second-order valence-corrected chi connectivity index (χ2v) is 12.5. The highest BCUT2D eigenvalue weighted by molar-refractivity contribution is 8.13. The molecule has 0 N–H and O–H groups in total. The van der Waals surface area contributed by atoms with Crippen LogP contribution >= 0.6 is 22.2 Å². The Labute approximate surface area is 271 Å². The molecule has 3 nitrogen and oxygen atoms in total. The third-order valence-electron chi connectivity index (χ3n) is 7.14. The molecule has 2 unspecified atom stereocenters. The third kappa shape index (κ3) is 12.0. The van der Waals surface area contributed by atoms with Crippen molar-refractivity contribution in [3.05, 3.63) is 100 Å². The highest BCUT2D eigenvalue weighted by Gasteiger charge is 2.28. The minimum Gasteiger partial charge on any atom is -0.332 e. The van der Waals surface area contributed by atoms with Gasteiger partial charge in [-0.15, -0.1) is 11.8 Å². The zero-order valence-electron chi connectivity index (χ0n) is 28.8. The van der Waals surface area contributed by atoms with Crippen LogP contribution in [0.25, 0.3) is 0 Å². The van der Waals surface area contributed by atoms with Crippen molar-refractivity contribution >= 4 is 33.8 Å². The van der Waals surface area contributed by atoms with E-state index in [9.17, 15) is 0 Å². The maximum Gasteiger partial charge on any atom is 0.146 e. The van der Waals surface area contributed by atoms with Crippen molar-refractivity contribution in [2.45, 2.75) is 86.0 Å². The van der Waals surface area contributed by atoms with Crippen LogP contribution in [0.1, 0.15) is 90.8 Å². The average Bonchev–Trinajstić information content (AvgIpc) is 3.04. The Morgan fingerprint density at radius 1 is 1.05 bits per heavy atom. The molecular formula is C38H57N3S2. The number of thioether (sulfide) groups is 1. The van der Waals surface area contributed by atoms with Crippen LogP contribution in [0, 0.1) is 30.1 Å². The summed E-state index contributed by atoms with van der Waals surface area (Å²) in [5.41, 5.74) is 5.64. The van der Waals surface area contributed by atoms with Gasteiger partial charge in [0.25, 0.3) is 0 Å². The van der Waals surface area contributed by atoms with Gasteiger partial charge in [-0.3, -0.25) is 0 Å². The minimum absolute atomic E-state index is 0.0629. The van der Waals surface area contributed by atoms with E-state index in [-0.39, 0.29) is 10.5 Å². The van der Waals surface area contributed by atoms with E-state index in [1.807, 2.05) is 64.3 Å². The highest BCUT2D eigenvalue weighted by Crippen LogP contribution is 2.36. The Bertz CT molecular complexity index is 1270. The molecule has 0 saturated carbocycles. The summed E-state index contributed by atoms with van der Waals surface area (Å²) < 4.78 is 0. The monoisotopic (exact) mass is 619 g/mol. The quantitative estimate of drug-likeness (QED) is 0.248. The van der Waals surface area contributed by atoms with Gasteiger partial charge in [0.1, 0.15) is 11.9 Å². The predicted octanol–water partition coefficient (Wildman–Crippen LogP) is 11.5. The normalized spacial score (nSPS) is 14.6. The molecule has 2 aromatic rings. The highest BCUT2D eigenvalue weighted by atomic mass is 32.2. The number of hydrogen-bond acceptors (Lipinski definition) is 4. The molecule has 5 heteroatoms. The molecule has 0 amide bonds. The summed E-state index contributed by atoms with van der Waals surface area (Å²) in [4.78, 5) is 9.53. The molecule has 2 atom stereocenters. The molecule has 0 fully saturated rings. The first-order valence-corrected chi connectivity index (χ1v) is 18.7. The Hall–Kier alpha value is -2.81. The predicted molar refractivity (Wildman–Crippen MR) is 200 cm³/mol. The Morgan fingerprint density at radius 2 is 1.60 bits per heavy atom. The minimum atomic E-state index is -0.0629. The zero-order chi connectivity index (χ0) is 32.9. The maximum absolute atomic E-state index is 8.69. The van der Waals surface area contributed by atoms with E-state index in [0.717, 1.165) is 26.9 Å². The molecule has 0 aliphatic carbocycles. The molecule has 236 valence electrons. The Kier molecular flexibility index (Phi) is 21.2. The molecule has 3 rings (SSSR count). The van der Waals surface area contributed by atoms with E-state index >= 15 is 0 Å². The lowest BCUT2D eigenvalue weighted by Crippen LogP contribution is -2.30. The molecule has 0 aromatic heterocycles. The molecule has 2 aromatic carbocycles. The van der Waals surface area contributed by atoms with Crippen LogP contribution in [-0.2, 0) is 0 Å². The van der Waals surface area contributed by atoms with Crippen LogP contribution in [0.2, 0.25) is 0 Å². The van der Waals surface area contributed by atoms with Crippen molar-refractivity contribution in [3.63, 3.8) is 0 Å². The van der Waals surface area contributed by atoms with Crippen molar-refractivity contribution in [1.82, 2.24) is 4.90 Å². The van der Waals surface area contributed by atoms with Crippen LogP contribution < -0.4 is 0 Å². The van der Waals surface area contributed by atoms with E-state index in [0.29, 0.717) is 11.8 Å². The Balaban J connectivity index is 0.000000977. The number of aliphatic imine (C=N–C) groups is 1. The largest absolute Gasteiger partial charge is 0.332 e. The van der Waals surface area contributed by atoms with Crippen molar-refractivity contribution in [1.29, 1.82) is 5.26 Å². The summed E-state index contributed by atoms with van der Waals surface area (Å²) in [6, 6.07) is 18.3. The van der Waals surface area contributed by atoms with Crippen molar-refractivity contribution in [2.75, 3.05) is 19.6 Å². The van der Waals surface area contributed by atoms with E-state index in [1.54, 1.807) is 11.8 Å². The van der Waals surface area contributed by atoms with Gasteiger partial charge in [0, 0.05) is 28.1 Å². The van der Waals surface area contributed by atoms with Crippen molar-refractivity contribution in [3.8, 4) is 6.07 Å². The third-order valence-corrected chi connectivity index (χ3v) is 9.03. The first kappa shape index (κ1) is 40.2. The molecule has 1 heterocycles. The molecule has 0 spiro atoms. The lowest BCUT2D eigenvalue weighted by Gasteiger charge is -2.35. The van der Waals surface area contributed by atoms with E-state index in [1.165, 1.54) is 42.5 Å². The summed E-state index contributed by atoms with van der Waals surface area (Å²) in [7, 11) is 2.09. The number of nitriles is 1. The summed E-state index contributed by atoms with van der Waals surface area (Å²) in [5.74, 6) is 6.09. The molecule has 1 aliphatic heterocycles. The van der Waals surface area contributed by atoms with Gasteiger partial charge in [-0.1, -0.05) is 129 Å². The van der Waals surface area contributed by atoms with Crippen LogP contribution in [0.15, 0.2) is 93.6 Å². The molecular weight excluding hydrogens is 563 g/mol. The Morgan fingerprint density at radius 3 is 2.07 bits per heavy atom. The van der Waals surface area contributed by atoms with Gasteiger partial charge in [0.15, 0.2) is 0 Å². The number of allylic oxidation sites excluding steroid dienone is 3. The first-order valence-electron chi connectivity index (χ1n) is 15.7. The number of nitrogens with zero attached hydrogens (tertiary/aromatic N) is 3. The lowest BCUT2D eigenvalue weighted by atomic mass is 9.82. The van der Waals surface area contributed by atoms with E-state index < -0.39 is 0 Å². The summed E-state index contributed by atoms with van der Waals surface area (Å²) in [6.45, 7) is 21.2. The first-order chi connectivity index (χ1) is 20.7. The number of benzene rings is 2. The molecule has 0 radical (unpaired) electrons. The summed E-state index contributed by atoms with van der Waals surface area (Å²) >= 11 is 1.71. The smallest absolute Gasteiger partial charge is 0.146 e. The van der Waals surface area contributed by atoms with Gasteiger partial charge >= 0.3 is 0 Å². The molecule has 0 saturated heterocycles. The number of rotatable bonds is 10. The number of aryl methyl sites for hydroxylation is 1. The molecule has 43 heavy (non-hydrogen) atoms. The molecule has 0 bridgehead atoms. The van der Waals surface area contributed by atoms with E-state index in [4.69, 9.17) is 10.3 Å². The van der Waals surface area contributed by atoms with Gasteiger partial charge in [-0.2, -0.15) is 15.7 Å². The van der Waals surface area contributed by atoms with Gasteiger partial charge < -0.3 is 4.90 Å². The van der Waals surface area contributed by atoms with Crippen molar-refractivity contribution < 1.29 is 0 Å². The van der Waals surface area contributed by atoms with Crippen LogP contribution in [-0.4, -0.2) is 36.0 Å². The van der Waals surface area contributed by atoms with Crippen LogP contribution in [0.3, 0.4) is 0 Å². The fourth-order valence-electron chi connectivity index (χ4n) is 4.99. The van der Waals surface area contributed by atoms with Gasteiger partial charge in [-0.25, -0.2) is 4.99 Å². The standard InChI is InChI=1S/C25H36N2S.C9H9NS.2C2H6/c1-8-13-20(14-9-2)19(5)23-17-22(21-16-12-11-15-18(21)4)26-25(27(23)6)24(10-3)28-7;1-11(2)9-6-4-3-5-8(9)7-10;2*1-2/h10-12,15-17,19-20H,3,8-9,13-14H2,1-2,4-7H3;3-6H,1H2,2H3;2*1-2H3/b25-24+;;;. The van der Waals surface area contributed by atoms with Gasteiger partial charge in [-0.05, 0) is 55.0 Å². The summed E-state index contributed by atoms with van der Waals surface area (Å²) in [5, 5.41) is 8.69. The van der Waals surface area contributed by atoms with Crippen molar-refractivity contribution in [2.24, 2.45) is 16.8 Å². The second-order valence-electron chi connectivity index (χ2n) is 9.91. The van der Waals surface area contributed by atoms with E-state index in [2.05, 4.69) is 94.8 Å². The van der Waals surface area contributed by atoms with Crippen LogP contribution in [0.5, 0.6) is 0 Å². The lowest BCUT2D eigenvalue weighted by molar-refractivity contribution is 0.296. The fourth-order valence-corrected chi connectivity index (χ4v) is 6.32. The maximum atomic E-state index is 8.69. The molecule has 1 aliphatic rings. The average molecular weight is 620 g/mol. The topological polar surface area (TPSA) is 39.4 Å². The van der Waals surface area contributed by atoms with Gasteiger partial charge in [0.05, 0.1) is 11.3 Å². The SMILES string of the molecule is C=C/C(SC)=C1/N=C(c2ccccc2C)C=C(C(C)C(CCC)CCC)N1C.C=S(C)c1ccccc1C#N.CC.CC. The number of hydrogen-bond donors (Lipinski definition) is 0. The second kappa shape index (κ2) is 22.7. The van der Waals surface area contributed by atoms with Crippen LogP contribution in [0.4, 0.5) is 0 Å². The van der Waals surface area contributed by atoms with Gasteiger partial charge in [0.2, 0.25) is 0 Å². The zero-order valence-corrected chi connectivity index (χ0v) is 30.5. The summed E-state index contributed by atoms with van der Waals surface area (Å²) in [6.07, 6.45) is 13.4. The fraction of sp³-hybridized carbons (Fsp3) is 0.447.